The van der Waals surface area contributed by atoms with E-state index >= 15 is 0 Å². The van der Waals surface area contributed by atoms with Gasteiger partial charge in [0.2, 0.25) is 6.41 Å². The van der Waals surface area contributed by atoms with E-state index in [4.69, 9.17) is 0 Å². The smallest absolute Gasteiger partial charge is 0.224 e. The maximum atomic E-state index is 10.6. The molecule has 0 radical (unpaired) electrons. The van der Waals surface area contributed by atoms with Crippen LogP contribution in [0.25, 0.3) is 10.9 Å². The SMILES string of the molecule is O=CN(S)c1c[nH]c2c(Br)cccc12. The van der Waals surface area contributed by atoms with Crippen molar-refractivity contribution < 1.29 is 4.79 Å². The third kappa shape index (κ3) is 1.42. The molecule has 2 aromatic rings. The first-order chi connectivity index (χ1) is 6.74. The zero-order valence-corrected chi connectivity index (χ0v) is 9.55. The maximum Gasteiger partial charge on any atom is 0.224 e. The Balaban J connectivity index is 2.69. The predicted octanol–water partition coefficient (Wildman–Crippen LogP) is 2.74. The Bertz CT molecular complexity index is 483. The summed E-state index contributed by atoms with van der Waals surface area (Å²) in [4.78, 5) is 13.6. The summed E-state index contributed by atoms with van der Waals surface area (Å²) in [6.07, 6.45) is 2.41. The summed E-state index contributed by atoms with van der Waals surface area (Å²) in [6.45, 7) is 0. The number of amides is 1. The minimum Gasteiger partial charge on any atom is -0.358 e. The lowest BCUT2D eigenvalue weighted by atomic mass is 10.2. The Hall–Kier alpha value is -0.940. The molecule has 1 aromatic heterocycles. The number of thiol groups is 1. The minimum absolute atomic E-state index is 0.659. The van der Waals surface area contributed by atoms with Crippen LogP contribution in [0.3, 0.4) is 0 Å². The second kappa shape index (κ2) is 3.67. The van der Waals surface area contributed by atoms with Crippen LogP contribution in [-0.2, 0) is 4.79 Å². The molecule has 0 aliphatic rings. The van der Waals surface area contributed by atoms with E-state index in [-0.39, 0.29) is 0 Å². The Kier molecular flexibility index (Phi) is 2.52. The van der Waals surface area contributed by atoms with Gasteiger partial charge in [0, 0.05) is 16.1 Å². The van der Waals surface area contributed by atoms with Gasteiger partial charge >= 0.3 is 0 Å². The number of hydrogen-bond donors (Lipinski definition) is 2. The number of hydrogen-bond acceptors (Lipinski definition) is 2. The Morgan fingerprint density at radius 2 is 2.29 bits per heavy atom. The summed E-state index contributed by atoms with van der Waals surface area (Å²) in [7, 11) is 0. The van der Waals surface area contributed by atoms with Gasteiger partial charge in [0.05, 0.1) is 11.2 Å². The first-order valence-corrected chi connectivity index (χ1v) is 5.12. The number of fused-ring (bicyclic) bond motifs is 1. The van der Waals surface area contributed by atoms with Gasteiger partial charge in [0.15, 0.2) is 0 Å². The molecule has 0 saturated heterocycles. The van der Waals surface area contributed by atoms with E-state index < -0.39 is 0 Å². The highest BCUT2D eigenvalue weighted by atomic mass is 79.9. The summed E-state index contributed by atoms with van der Waals surface area (Å²) in [6, 6.07) is 5.78. The fourth-order valence-corrected chi connectivity index (χ4v) is 2.00. The van der Waals surface area contributed by atoms with Gasteiger partial charge in [-0.1, -0.05) is 24.9 Å². The van der Waals surface area contributed by atoms with Crippen molar-refractivity contribution in [3.8, 4) is 0 Å². The highest BCUT2D eigenvalue weighted by molar-refractivity contribution is 9.10. The summed E-state index contributed by atoms with van der Waals surface area (Å²) in [5.41, 5.74) is 1.71. The van der Waals surface area contributed by atoms with Gasteiger partial charge in [0.25, 0.3) is 0 Å². The summed E-state index contributed by atoms with van der Waals surface area (Å²) in [5.74, 6) is 0. The van der Waals surface area contributed by atoms with Crippen molar-refractivity contribution in [2.24, 2.45) is 0 Å². The molecule has 0 spiro atoms. The number of rotatable bonds is 2. The number of aromatic nitrogens is 1. The van der Waals surface area contributed by atoms with Gasteiger partial charge in [-0.05, 0) is 22.0 Å². The third-order valence-electron chi connectivity index (χ3n) is 1.99. The molecule has 1 aromatic carbocycles. The first kappa shape index (κ1) is 9.61. The number of carbonyl (C=O) groups excluding carboxylic acids is 1. The van der Waals surface area contributed by atoms with Gasteiger partial charge in [-0.2, -0.15) is 0 Å². The number of halogens is 1. The molecule has 1 amide bonds. The molecular formula is C9H7BrN2OS. The van der Waals surface area contributed by atoms with Crippen LogP contribution in [0.4, 0.5) is 5.69 Å². The monoisotopic (exact) mass is 270 g/mol. The predicted molar refractivity (Wildman–Crippen MR) is 63.5 cm³/mol. The standard InChI is InChI=1S/C9H7BrN2OS/c10-7-3-1-2-6-8(12(14)5-13)4-11-9(6)7/h1-5,11,14H. The number of carbonyl (C=O) groups is 1. The highest BCUT2D eigenvalue weighted by Gasteiger charge is 2.09. The molecule has 14 heavy (non-hydrogen) atoms. The van der Waals surface area contributed by atoms with E-state index in [1.165, 1.54) is 4.31 Å². The molecule has 0 bridgehead atoms. The second-order valence-corrected chi connectivity index (χ2v) is 4.07. The molecule has 1 N–H and O–H groups in total. The van der Waals surface area contributed by atoms with E-state index in [9.17, 15) is 4.79 Å². The summed E-state index contributed by atoms with van der Waals surface area (Å²) in [5, 5.41) is 0.960. The zero-order chi connectivity index (χ0) is 10.1. The van der Waals surface area contributed by atoms with Crippen molar-refractivity contribution in [1.82, 2.24) is 4.98 Å². The fourth-order valence-electron chi connectivity index (χ4n) is 1.35. The van der Waals surface area contributed by atoms with Crippen LogP contribution >= 0.6 is 28.7 Å². The molecule has 72 valence electrons. The van der Waals surface area contributed by atoms with Crippen LogP contribution < -0.4 is 4.31 Å². The van der Waals surface area contributed by atoms with Crippen LogP contribution in [0.2, 0.25) is 0 Å². The Morgan fingerprint density at radius 3 is 3.00 bits per heavy atom. The first-order valence-electron chi connectivity index (χ1n) is 3.93. The molecule has 0 atom stereocenters. The molecular weight excluding hydrogens is 264 g/mol. The van der Waals surface area contributed by atoms with Gasteiger partial charge < -0.3 is 4.98 Å². The Labute approximate surface area is 94.8 Å². The van der Waals surface area contributed by atoms with Crippen LogP contribution in [-0.4, -0.2) is 11.4 Å². The van der Waals surface area contributed by atoms with Gasteiger partial charge in [-0.25, -0.2) is 0 Å². The molecule has 1 heterocycles. The number of aromatic amines is 1. The van der Waals surface area contributed by atoms with E-state index in [0.717, 1.165) is 21.1 Å². The van der Waals surface area contributed by atoms with Crippen molar-refractivity contribution in [2.75, 3.05) is 4.31 Å². The van der Waals surface area contributed by atoms with Crippen LogP contribution in [0.15, 0.2) is 28.9 Å². The molecule has 3 nitrogen and oxygen atoms in total. The van der Waals surface area contributed by atoms with E-state index in [0.29, 0.717) is 6.41 Å². The van der Waals surface area contributed by atoms with Crippen LogP contribution in [0.1, 0.15) is 0 Å². The van der Waals surface area contributed by atoms with Crippen molar-refractivity contribution >= 4 is 51.7 Å². The van der Waals surface area contributed by atoms with E-state index in [2.05, 4.69) is 33.7 Å². The minimum atomic E-state index is 0.659. The summed E-state index contributed by atoms with van der Waals surface area (Å²) < 4.78 is 2.21. The average molecular weight is 271 g/mol. The number of para-hydroxylation sites is 1. The molecule has 0 aliphatic heterocycles. The van der Waals surface area contributed by atoms with Crippen molar-refractivity contribution in [3.05, 3.63) is 28.9 Å². The largest absolute Gasteiger partial charge is 0.358 e. The zero-order valence-electron chi connectivity index (χ0n) is 7.07. The molecule has 0 unspecified atom stereocenters. The van der Waals surface area contributed by atoms with E-state index in [1.807, 2.05) is 18.2 Å². The average Bonchev–Trinajstić information content (AvgIpc) is 2.62. The molecule has 0 saturated carbocycles. The van der Waals surface area contributed by atoms with E-state index in [1.54, 1.807) is 6.20 Å². The van der Waals surface area contributed by atoms with Crippen molar-refractivity contribution in [1.29, 1.82) is 0 Å². The number of H-pyrrole nitrogens is 1. The lowest BCUT2D eigenvalue weighted by Gasteiger charge is -2.06. The lowest BCUT2D eigenvalue weighted by Crippen LogP contribution is -2.04. The number of anilines is 1. The van der Waals surface area contributed by atoms with Crippen molar-refractivity contribution in [3.63, 3.8) is 0 Å². The topological polar surface area (TPSA) is 36.1 Å². The Morgan fingerprint density at radius 1 is 1.50 bits per heavy atom. The summed E-state index contributed by atoms with van der Waals surface area (Å²) >= 11 is 7.44. The molecule has 2 rings (SSSR count). The van der Waals surface area contributed by atoms with Crippen LogP contribution in [0.5, 0.6) is 0 Å². The molecule has 5 heteroatoms. The highest BCUT2D eigenvalue weighted by Crippen LogP contribution is 2.31. The number of nitrogens with one attached hydrogen (secondary N) is 1. The van der Waals surface area contributed by atoms with Crippen molar-refractivity contribution in [2.45, 2.75) is 0 Å². The fraction of sp³-hybridized carbons (Fsp3) is 0. The van der Waals surface area contributed by atoms with Gasteiger partial charge in [0.1, 0.15) is 0 Å². The third-order valence-corrected chi connectivity index (χ3v) is 2.96. The normalized spacial score (nSPS) is 10.4. The quantitative estimate of drug-likeness (QED) is 0.639. The maximum absolute atomic E-state index is 10.6. The van der Waals surface area contributed by atoms with Gasteiger partial charge in [-0.15, -0.1) is 0 Å². The number of benzene rings is 1. The van der Waals surface area contributed by atoms with Gasteiger partial charge in [-0.3, -0.25) is 9.10 Å². The number of nitrogens with zero attached hydrogens (tertiary/aromatic N) is 1. The second-order valence-electron chi connectivity index (χ2n) is 2.79. The van der Waals surface area contributed by atoms with Crippen LogP contribution in [0, 0.1) is 0 Å². The molecule has 0 aliphatic carbocycles. The lowest BCUT2D eigenvalue weighted by molar-refractivity contribution is -0.106. The molecule has 0 fully saturated rings.